The number of carbonyl (C=O) groups excluding carboxylic acids is 1. The van der Waals surface area contributed by atoms with Crippen LogP contribution >= 0.6 is 0 Å². The molecule has 0 saturated carbocycles. The Kier molecular flexibility index (Phi) is 7.47. The second kappa shape index (κ2) is 11.1. The number of benzene rings is 2. The second-order valence-electron chi connectivity index (χ2n) is 9.74. The first-order valence-electron chi connectivity index (χ1n) is 13.1. The summed E-state index contributed by atoms with van der Waals surface area (Å²) >= 11 is 0. The zero-order chi connectivity index (χ0) is 24.9. The topological polar surface area (TPSA) is 65.8 Å². The van der Waals surface area contributed by atoms with Crippen LogP contribution in [0.2, 0.25) is 0 Å². The third-order valence-electron chi connectivity index (χ3n) is 7.34. The second-order valence-corrected chi connectivity index (χ2v) is 9.74. The van der Waals surface area contributed by atoms with Gasteiger partial charge in [-0.25, -0.2) is 9.50 Å². The molecule has 1 fully saturated rings. The number of hydrogen-bond donors (Lipinski definition) is 1. The molecule has 1 aliphatic heterocycles. The average molecular weight is 485 g/mol. The molecule has 188 valence electrons. The normalized spacial score (nSPS) is 14.6. The van der Waals surface area contributed by atoms with Gasteiger partial charge in [0.25, 0.3) is 0 Å². The number of fused-ring (bicyclic) bond motifs is 3. The van der Waals surface area contributed by atoms with E-state index in [9.17, 15) is 4.79 Å². The lowest BCUT2D eigenvalue weighted by Crippen LogP contribution is -2.46. The molecule has 0 unspecified atom stereocenters. The number of nitrogens with zero attached hydrogens (tertiary/aromatic N) is 5. The van der Waals surface area contributed by atoms with Crippen molar-refractivity contribution in [1.29, 1.82) is 0 Å². The highest BCUT2D eigenvalue weighted by Crippen LogP contribution is 2.23. The van der Waals surface area contributed by atoms with Gasteiger partial charge in [-0.3, -0.25) is 9.69 Å². The first kappa shape index (κ1) is 24.3. The Morgan fingerprint density at radius 2 is 1.69 bits per heavy atom. The molecule has 7 nitrogen and oxygen atoms in total. The van der Waals surface area contributed by atoms with Crippen LogP contribution in [0.5, 0.6) is 0 Å². The zero-order valence-corrected chi connectivity index (χ0v) is 21.4. The summed E-state index contributed by atoms with van der Waals surface area (Å²) in [6, 6.07) is 18.7. The van der Waals surface area contributed by atoms with Crippen molar-refractivity contribution in [2.45, 2.75) is 39.5 Å². The summed E-state index contributed by atoms with van der Waals surface area (Å²) in [6.07, 6.45) is 3.26. The molecule has 1 saturated heterocycles. The molecule has 0 atom stereocenters. The molecule has 3 heterocycles. The molecular formula is C29H36N6O. The summed E-state index contributed by atoms with van der Waals surface area (Å²) < 4.78 is 1.92. The van der Waals surface area contributed by atoms with Gasteiger partial charge in [0.1, 0.15) is 0 Å². The third-order valence-corrected chi connectivity index (χ3v) is 7.34. The van der Waals surface area contributed by atoms with E-state index in [2.05, 4.69) is 58.4 Å². The number of anilines is 1. The van der Waals surface area contributed by atoms with E-state index in [0.29, 0.717) is 12.8 Å². The number of nitrogens with one attached hydrogen (secondary N) is 1. The zero-order valence-electron chi connectivity index (χ0n) is 21.4. The van der Waals surface area contributed by atoms with Crippen molar-refractivity contribution in [3.63, 3.8) is 0 Å². The van der Waals surface area contributed by atoms with Crippen molar-refractivity contribution in [2.75, 3.05) is 44.2 Å². The van der Waals surface area contributed by atoms with Crippen molar-refractivity contribution in [3.05, 3.63) is 71.5 Å². The van der Waals surface area contributed by atoms with Crippen molar-refractivity contribution >= 4 is 28.1 Å². The number of carbonyl (C=O) groups is 1. The van der Waals surface area contributed by atoms with Gasteiger partial charge in [0.2, 0.25) is 5.91 Å². The quantitative estimate of drug-likeness (QED) is 0.362. The first-order valence-corrected chi connectivity index (χ1v) is 13.1. The number of aryl methyl sites for hydroxylation is 2. The summed E-state index contributed by atoms with van der Waals surface area (Å²) in [6.45, 7) is 10.3. The molecular weight excluding hydrogens is 448 g/mol. The van der Waals surface area contributed by atoms with Crippen molar-refractivity contribution in [1.82, 2.24) is 24.8 Å². The van der Waals surface area contributed by atoms with E-state index in [1.54, 1.807) is 0 Å². The summed E-state index contributed by atoms with van der Waals surface area (Å²) in [5.74, 6) is 0.107. The van der Waals surface area contributed by atoms with Crippen LogP contribution in [0.4, 0.5) is 5.69 Å². The van der Waals surface area contributed by atoms with Gasteiger partial charge >= 0.3 is 0 Å². The molecule has 4 aromatic rings. The predicted molar refractivity (Wildman–Crippen MR) is 146 cm³/mol. The Hall–Kier alpha value is -3.45. The Labute approximate surface area is 213 Å². The van der Waals surface area contributed by atoms with E-state index in [0.717, 1.165) is 85.6 Å². The molecule has 0 spiro atoms. The lowest BCUT2D eigenvalue weighted by Gasteiger charge is -2.36. The maximum absolute atomic E-state index is 12.5. The first-order chi connectivity index (χ1) is 17.6. The summed E-state index contributed by atoms with van der Waals surface area (Å²) in [4.78, 5) is 22.3. The van der Waals surface area contributed by atoms with E-state index < -0.39 is 0 Å². The van der Waals surface area contributed by atoms with Crippen LogP contribution in [-0.2, 0) is 11.2 Å². The smallest absolute Gasteiger partial charge is 0.220 e. The number of unbranched alkanes of at least 4 members (excludes halogenated alkanes) is 1. The number of amides is 1. The fourth-order valence-corrected chi connectivity index (χ4v) is 5.22. The van der Waals surface area contributed by atoms with Crippen LogP contribution in [0.15, 0.2) is 54.6 Å². The van der Waals surface area contributed by atoms with Gasteiger partial charge in [-0.1, -0.05) is 30.3 Å². The van der Waals surface area contributed by atoms with Gasteiger partial charge in [-0.2, -0.15) is 5.10 Å². The van der Waals surface area contributed by atoms with Crippen LogP contribution in [0.3, 0.4) is 0 Å². The molecule has 5 rings (SSSR count). The summed E-state index contributed by atoms with van der Waals surface area (Å²) in [7, 11) is 0. The van der Waals surface area contributed by atoms with Crippen LogP contribution in [0, 0.1) is 13.8 Å². The number of rotatable bonds is 9. The minimum atomic E-state index is 0.107. The monoisotopic (exact) mass is 484 g/mol. The largest absolute Gasteiger partial charge is 0.369 e. The van der Waals surface area contributed by atoms with E-state index in [1.807, 2.05) is 29.6 Å². The molecule has 0 bridgehead atoms. The molecule has 36 heavy (non-hydrogen) atoms. The minimum Gasteiger partial charge on any atom is -0.369 e. The molecule has 0 radical (unpaired) electrons. The van der Waals surface area contributed by atoms with Crippen LogP contribution in [-0.4, -0.2) is 64.7 Å². The number of hydrogen-bond acceptors (Lipinski definition) is 5. The molecule has 2 aromatic heterocycles. The van der Waals surface area contributed by atoms with E-state index in [1.165, 1.54) is 5.69 Å². The van der Waals surface area contributed by atoms with E-state index >= 15 is 0 Å². The van der Waals surface area contributed by atoms with Crippen LogP contribution in [0.25, 0.3) is 16.6 Å². The standard InChI is InChI=1S/C29H36N6O/c1-22-25(23(2)35-29(31-22)26-12-6-7-13-27(26)32-35)14-15-28(36)30-16-8-9-17-33-18-20-34(21-19-33)24-10-4-3-5-11-24/h3-7,10-13H,8-9,14-21H2,1-2H3,(H,30,36). The molecule has 0 aliphatic carbocycles. The lowest BCUT2D eigenvalue weighted by atomic mass is 10.1. The highest BCUT2D eigenvalue weighted by atomic mass is 16.1. The highest BCUT2D eigenvalue weighted by molar-refractivity contribution is 5.92. The maximum Gasteiger partial charge on any atom is 0.220 e. The van der Waals surface area contributed by atoms with Gasteiger partial charge in [-0.05, 0) is 69.5 Å². The fourth-order valence-electron chi connectivity index (χ4n) is 5.22. The average Bonchev–Trinajstić information content (AvgIpc) is 3.28. The molecule has 1 N–H and O–H groups in total. The Morgan fingerprint density at radius 1 is 0.944 bits per heavy atom. The molecule has 1 aliphatic rings. The van der Waals surface area contributed by atoms with Gasteiger partial charge in [0.05, 0.1) is 5.52 Å². The van der Waals surface area contributed by atoms with Crippen molar-refractivity contribution < 1.29 is 4.79 Å². The van der Waals surface area contributed by atoms with Gasteiger partial charge in [-0.15, -0.1) is 0 Å². The van der Waals surface area contributed by atoms with Gasteiger partial charge in [0.15, 0.2) is 5.65 Å². The van der Waals surface area contributed by atoms with Crippen LogP contribution in [0.1, 0.15) is 36.2 Å². The Bertz CT molecular complexity index is 1320. The van der Waals surface area contributed by atoms with E-state index in [-0.39, 0.29) is 5.91 Å². The molecule has 2 aromatic carbocycles. The number of para-hydroxylation sites is 1. The van der Waals surface area contributed by atoms with Gasteiger partial charge in [0, 0.05) is 61.6 Å². The third kappa shape index (κ3) is 5.36. The number of aromatic nitrogens is 3. The summed E-state index contributed by atoms with van der Waals surface area (Å²) in [5.41, 5.74) is 6.30. The maximum atomic E-state index is 12.5. The fraction of sp³-hybridized carbons (Fsp3) is 0.414. The number of piperazine rings is 1. The lowest BCUT2D eigenvalue weighted by molar-refractivity contribution is -0.121. The van der Waals surface area contributed by atoms with Gasteiger partial charge < -0.3 is 10.2 Å². The Morgan fingerprint density at radius 3 is 2.50 bits per heavy atom. The SMILES string of the molecule is Cc1nc2c3ccccc3nn2c(C)c1CCC(=O)NCCCCN1CCN(c2ccccc2)CC1. The van der Waals surface area contributed by atoms with Crippen LogP contribution < -0.4 is 10.2 Å². The van der Waals surface area contributed by atoms with Crippen molar-refractivity contribution in [2.24, 2.45) is 0 Å². The van der Waals surface area contributed by atoms with Crippen molar-refractivity contribution in [3.8, 4) is 0 Å². The molecule has 7 heteroatoms. The molecule has 1 amide bonds. The highest BCUT2D eigenvalue weighted by Gasteiger charge is 2.17. The van der Waals surface area contributed by atoms with E-state index in [4.69, 9.17) is 10.1 Å². The Balaban J connectivity index is 1.03. The predicted octanol–water partition coefficient (Wildman–Crippen LogP) is 4.15. The minimum absolute atomic E-state index is 0.107. The summed E-state index contributed by atoms with van der Waals surface area (Å²) in [5, 5.41) is 8.89.